The van der Waals surface area contributed by atoms with Gasteiger partial charge in [-0.3, -0.25) is 0 Å². The van der Waals surface area contributed by atoms with Crippen LogP contribution in [-0.2, 0) is 0 Å². The molecule has 1 N–H and O–H groups in total. The second-order valence-corrected chi connectivity index (χ2v) is 4.80. The lowest BCUT2D eigenvalue weighted by atomic mass is 9.79. The Labute approximate surface area is 67.8 Å². The van der Waals surface area contributed by atoms with E-state index in [1.807, 2.05) is 0 Å². The van der Waals surface area contributed by atoms with Crippen LogP contribution in [0, 0.1) is 23.7 Å². The van der Waals surface area contributed by atoms with Gasteiger partial charge in [-0.15, -0.1) is 0 Å². The van der Waals surface area contributed by atoms with E-state index in [2.05, 4.69) is 0 Å². The molecule has 3 fully saturated rings. The molecule has 11 heavy (non-hydrogen) atoms. The van der Waals surface area contributed by atoms with Gasteiger partial charge < -0.3 is 5.11 Å². The van der Waals surface area contributed by atoms with Crippen LogP contribution in [0.1, 0.15) is 32.1 Å². The number of hydrogen-bond acceptors (Lipinski definition) is 1. The standard InChI is InChI=1S/C10H16O/c11-10-5-8-4-9(10)7-2-1-6(8)3-7/h6-11H,1-5H2/t6-,7-,8-,9+,10-/m1/s1. The van der Waals surface area contributed by atoms with Crippen molar-refractivity contribution in [2.75, 3.05) is 0 Å². The summed E-state index contributed by atoms with van der Waals surface area (Å²) < 4.78 is 0. The minimum Gasteiger partial charge on any atom is -0.393 e. The molecule has 0 aromatic carbocycles. The molecule has 0 spiro atoms. The lowest BCUT2D eigenvalue weighted by Crippen LogP contribution is -2.22. The van der Waals surface area contributed by atoms with Gasteiger partial charge in [0.25, 0.3) is 0 Å². The van der Waals surface area contributed by atoms with Gasteiger partial charge in [-0.05, 0) is 55.8 Å². The summed E-state index contributed by atoms with van der Waals surface area (Å²) in [6, 6.07) is 0. The lowest BCUT2D eigenvalue weighted by Gasteiger charge is -2.26. The van der Waals surface area contributed by atoms with Crippen LogP contribution in [0.15, 0.2) is 0 Å². The van der Waals surface area contributed by atoms with E-state index < -0.39 is 0 Å². The third kappa shape index (κ3) is 0.752. The van der Waals surface area contributed by atoms with E-state index in [4.69, 9.17) is 0 Å². The lowest BCUT2D eigenvalue weighted by molar-refractivity contribution is 0.0999. The molecule has 3 aliphatic rings. The molecule has 1 nitrogen and oxygen atoms in total. The zero-order chi connectivity index (χ0) is 7.42. The van der Waals surface area contributed by atoms with Gasteiger partial charge in [0, 0.05) is 0 Å². The molecule has 0 aliphatic heterocycles. The van der Waals surface area contributed by atoms with Gasteiger partial charge >= 0.3 is 0 Å². The summed E-state index contributed by atoms with van der Waals surface area (Å²) >= 11 is 0. The molecule has 1 heteroatoms. The van der Waals surface area contributed by atoms with E-state index in [0.29, 0.717) is 5.92 Å². The molecular weight excluding hydrogens is 136 g/mol. The van der Waals surface area contributed by atoms with Crippen LogP contribution in [-0.4, -0.2) is 11.2 Å². The molecule has 5 atom stereocenters. The average Bonchev–Trinajstić information content (AvgIpc) is 2.49. The Morgan fingerprint density at radius 1 is 0.818 bits per heavy atom. The SMILES string of the molecule is O[C@@H]1C[C@H]2C[C@H]1[C@@H]1CC[C@@H]2C1. The predicted octanol–water partition coefficient (Wildman–Crippen LogP) is 1.80. The van der Waals surface area contributed by atoms with Crippen molar-refractivity contribution in [1.29, 1.82) is 0 Å². The highest BCUT2D eigenvalue weighted by atomic mass is 16.3. The van der Waals surface area contributed by atoms with Gasteiger partial charge in [-0.1, -0.05) is 0 Å². The Balaban J connectivity index is 1.93. The Kier molecular flexibility index (Phi) is 1.18. The van der Waals surface area contributed by atoms with E-state index in [1.165, 1.54) is 25.7 Å². The zero-order valence-corrected chi connectivity index (χ0v) is 6.87. The average molecular weight is 152 g/mol. The van der Waals surface area contributed by atoms with Gasteiger partial charge in [-0.2, -0.15) is 0 Å². The summed E-state index contributed by atoms with van der Waals surface area (Å²) in [6.45, 7) is 0. The topological polar surface area (TPSA) is 20.2 Å². The summed E-state index contributed by atoms with van der Waals surface area (Å²) in [5, 5.41) is 9.72. The molecule has 0 heterocycles. The van der Waals surface area contributed by atoms with E-state index in [-0.39, 0.29) is 6.10 Å². The van der Waals surface area contributed by atoms with Gasteiger partial charge in [0.15, 0.2) is 0 Å². The molecule has 62 valence electrons. The van der Waals surface area contributed by atoms with Gasteiger partial charge in [0.1, 0.15) is 0 Å². The maximum absolute atomic E-state index is 9.72. The number of hydrogen-bond donors (Lipinski definition) is 1. The van der Waals surface area contributed by atoms with Crippen molar-refractivity contribution < 1.29 is 5.11 Å². The molecular formula is C10H16O. The third-order valence-corrected chi connectivity index (χ3v) is 4.40. The van der Waals surface area contributed by atoms with Gasteiger partial charge in [0.05, 0.1) is 6.10 Å². The van der Waals surface area contributed by atoms with Crippen LogP contribution in [0.4, 0.5) is 0 Å². The fourth-order valence-corrected chi connectivity index (χ4v) is 3.85. The van der Waals surface area contributed by atoms with Crippen LogP contribution in [0.5, 0.6) is 0 Å². The minimum atomic E-state index is 0.0790. The smallest absolute Gasteiger partial charge is 0.0573 e. The van der Waals surface area contributed by atoms with E-state index in [1.54, 1.807) is 0 Å². The molecule has 0 unspecified atom stereocenters. The maximum Gasteiger partial charge on any atom is 0.0573 e. The van der Waals surface area contributed by atoms with Crippen molar-refractivity contribution >= 4 is 0 Å². The van der Waals surface area contributed by atoms with Crippen molar-refractivity contribution in [2.45, 2.75) is 38.2 Å². The van der Waals surface area contributed by atoms with Crippen LogP contribution in [0.3, 0.4) is 0 Å². The summed E-state index contributed by atoms with van der Waals surface area (Å²) in [4.78, 5) is 0. The first kappa shape index (κ1) is 6.47. The third-order valence-electron chi connectivity index (χ3n) is 4.40. The van der Waals surface area contributed by atoms with Crippen molar-refractivity contribution in [1.82, 2.24) is 0 Å². The first-order chi connectivity index (χ1) is 5.34. The van der Waals surface area contributed by atoms with Crippen molar-refractivity contribution in [3.63, 3.8) is 0 Å². The first-order valence-electron chi connectivity index (χ1n) is 5.02. The largest absolute Gasteiger partial charge is 0.393 e. The summed E-state index contributed by atoms with van der Waals surface area (Å²) in [7, 11) is 0. The number of aliphatic hydroxyl groups is 1. The van der Waals surface area contributed by atoms with Crippen molar-refractivity contribution in [3.8, 4) is 0 Å². The van der Waals surface area contributed by atoms with Crippen LogP contribution in [0.2, 0.25) is 0 Å². The molecule has 4 bridgehead atoms. The van der Waals surface area contributed by atoms with E-state index in [9.17, 15) is 5.11 Å². The Bertz CT molecular complexity index is 178. The normalized spacial score (nSPS) is 60.3. The summed E-state index contributed by atoms with van der Waals surface area (Å²) in [5.41, 5.74) is 0. The fourth-order valence-electron chi connectivity index (χ4n) is 3.85. The second kappa shape index (κ2) is 2.01. The monoisotopic (exact) mass is 152 g/mol. The molecule has 3 saturated carbocycles. The molecule has 3 aliphatic carbocycles. The summed E-state index contributed by atoms with van der Waals surface area (Å²) in [6.07, 6.45) is 6.91. The molecule has 0 saturated heterocycles. The Morgan fingerprint density at radius 2 is 1.64 bits per heavy atom. The maximum atomic E-state index is 9.72. The fraction of sp³-hybridized carbons (Fsp3) is 1.00. The molecule has 0 aromatic heterocycles. The van der Waals surface area contributed by atoms with Crippen molar-refractivity contribution in [2.24, 2.45) is 23.7 Å². The first-order valence-corrected chi connectivity index (χ1v) is 5.02. The highest BCUT2D eigenvalue weighted by Gasteiger charge is 2.49. The molecule has 3 rings (SSSR count). The van der Waals surface area contributed by atoms with Crippen LogP contribution in [0.25, 0.3) is 0 Å². The van der Waals surface area contributed by atoms with Crippen LogP contribution < -0.4 is 0 Å². The Hall–Kier alpha value is -0.0400. The second-order valence-electron chi connectivity index (χ2n) is 4.80. The Morgan fingerprint density at radius 3 is 2.55 bits per heavy atom. The quantitative estimate of drug-likeness (QED) is 0.561. The zero-order valence-electron chi connectivity index (χ0n) is 6.87. The van der Waals surface area contributed by atoms with E-state index in [0.717, 1.165) is 24.2 Å². The number of aliphatic hydroxyl groups excluding tert-OH is 1. The highest BCUT2D eigenvalue weighted by molar-refractivity contribution is 4.99. The molecule has 0 aromatic rings. The molecule has 0 radical (unpaired) electrons. The van der Waals surface area contributed by atoms with Crippen LogP contribution >= 0.6 is 0 Å². The predicted molar refractivity (Wildman–Crippen MR) is 43.1 cm³/mol. The van der Waals surface area contributed by atoms with E-state index >= 15 is 0 Å². The highest BCUT2D eigenvalue weighted by Crippen LogP contribution is 2.55. The van der Waals surface area contributed by atoms with Gasteiger partial charge in [-0.25, -0.2) is 0 Å². The number of fused-ring (bicyclic) bond motifs is 6. The summed E-state index contributed by atoms with van der Waals surface area (Å²) in [5.74, 6) is 3.54. The minimum absolute atomic E-state index is 0.0790. The number of rotatable bonds is 0. The van der Waals surface area contributed by atoms with Gasteiger partial charge in [0.2, 0.25) is 0 Å². The van der Waals surface area contributed by atoms with Crippen molar-refractivity contribution in [3.05, 3.63) is 0 Å². The molecule has 0 amide bonds.